The van der Waals surface area contributed by atoms with Gasteiger partial charge in [0.1, 0.15) is 30.0 Å². The summed E-state index contributed by atoms with van der Waals surface area (Å²) in [7, 11) is 0. The lowest BCUT2D eigenvalue weighted by Crippen LogP contribution is -2.52. The first-order valence-corrected chi connectivity index (χ1v) is 14.4. The van der Waals surface area contributed by atoms with Crippen LogP contribution >= 0.6 is 0 Å². The molecule has 10 nitrogen and oxygen atoms in total. The molecule has 44 heavy (non-hydrogen) atoms. The van der Waals surface area contributed by atoms with E-state index in [1.807, 2.05) is 11.0 Å². The largest absolute Gasteiger partial charge is 0.488 e. The first kappa shape index (κ1) is 29.2. The van der Waals surface area contributed by atoms with Gasteiger partial charge in [-0.1, -0.05) is 18.2 Å². The van der Waals surface area contributed by atoms with Crippen molar-refractivity contribution in [3.8, 4) is 5.75 Å². The maximum absolute atomic E-state index is 15.1. The number of primary amides is 1. The topological polar surface area (TPSA) is 125 Å². The predicted octanol–water partition coefficient (Wildman–Crippen LogP) is 2.73. The summed E-state index contributed by atoms with van der Waals surface area (Å²) in [4.78, 5) is 53.9. The minimum absolute atomic E-state index is 0.0427. The van der Waals surface area contributed by atoms with Gasteiger partial charge in [0.25, 0.3) is 11.8 Å². The minimum atomic E-state index is -0.804. The van der Waals surface area contributed by atoms with Crippen LogP contribution in [-0.4, -0.2) is 65.6 Å². The molecule has 0 bridgehead atoms. The number of hydrogen-bond donors (Lipinski definition) is 2. The van der Waals surface area contributed by atoms with Crippen LogP contribution in [0, 0.1) is 11.6 Å². The van der Waals surface area contributed by atoms with Crippen molar-refractivity contribution in [3.05, 3.63) is 94.0 Å². The van der Waals surface area contributed by atoms with Crippen molar-refractivity contribution < 1.29 is 32.7 Å². The van der Waals surface area contributed by atoms with Crippen LogP contribution in [0.2, 0.25) is 0 Å². The fourth-order valence-electron chi connectivity index (χ4n) is 5.98. The van der Waals surface area contributed by atoms with Gasteiger partial charge in [-0.2, -0.15) is 0 Å². The van der Waals surface area contributed by atoms with Gasteiger partial charge >= 0.3 is 0 Å². The molecule has 0 radical (unpaired) electrons. The van der Waals surface area contributed by atoms with Gasteiger partial charge in [-0.3, -0.25) is 29.4 Å². The second-order valence-electron chi connectivity index (χ2n) is 11.2. The predicted molar refractivity (Wildman–Crippen MR) is 156 cm³/mol. The molecular formula is C32H31F2N5O5. The van der Waals surface area contributed by atoms with Crippen LogP contribution in [0.5, 0.6) is 5.75 Å². The lowest BCUT2D eigenvalue weighted by molar-refractivity contribution is -0.136. The van der Waals surface area contributed by atoms with Crippen LogP contribution in [0.4, 0.5) is 14.5 Å². The summed E-state index contributed by atoms with van der Waals surface area (Å²) in [5.41, 5.74) is 7.97. The average molecular weight is 604 g/mol. The summed E-state index contributed by atoms with van der Waals surface area (Å²) >= 11 is 0. The molecule has 3 aliphatic heterocycles. The summed E-state index contributed by atoms with van der Waals surface area (Å²) in [6, 6.07) is 13.8. The van der Waals surface area contributed by atoms with Gasteiger partial charge in [0.15, 0.2) is 0 Å². The molecule has 2 fully saturated rings. The fraction of sp³-hybridized carbons (Fsp3) is 0.312. The highest BCUT2D eigenvalue weighted by Gasteiger charge is 2.40. The number of benzene rings is 3. The summed E-state index contributed by atoms with van der Waals surface area (Å²) in [6.07, 6.45) is 0.431. The Morgan fingerprint density at radius 3 is 2.48 bits per heavy atom. The number of nitrogens with one attached hydrogen (secondary N) is 1. The van der Waals surface area contributed by atoms with Crippen molar-refractivity contribution >= 4 is 29.3 Å². The number of piperidine rings is 1. The van der Waals surface area contributed by atoms with E-state index in [4.69, 9.17) is 10.5 Å². The van der Waals surface area contributed by atoms with E-state index in [9.17, 15) is 23.6 Å². The number of ether oxygens (including phenoxy) is 1. The molecule has 228 valence electrons. The highest BCUT2D eigenvalue weighted by Crippen LogP contribution is 2.34. The smallest absolute Gasteiger partial charge is 0.255 e. The van der Waals surface area contributed by atoms with Gasteiger partial charge < -0.3 is 20.3 Å². The number of amides is 4. The lowest BCUT2D eigenvalue weighted by atomic mass is 10.0. The van der Waals surface area contributed by atoms with Gasteiger partial charge in [0, 0.05) is 61.5 Å². The Morgan fingerprint density at radius 1 is 0.977 bits per heavy atom. The van der Waals surface area contributed by atoms with Crippen LogP contribution in [0.25, 0.3) is 0 Å². The molecule has 0 aliphatic carbocycles. The quantitative estimate of drug-likeness (QED) is 0.380. The lowest BCUT2D eigenvalue weighted by Gasteiger charge is -2.36. The van der Waals surface area contributed by atoms with Crippen LogP contribution in [0.1, 0.15) is 50.2 Å². The van der Waals surface area contributed by atoms with Crippen molar-refractivity contribution in [2.75, 3.05) is 31.1 Å². The number of carbonyl (C=O) groups is 4. The SMILES string of the molecule is NC(=O)c1ccc(N2CCN(Cc3ccc(COc4cccc5c4CN([C@H]4CCC(=O)NC4=O)C5=O)c(F)c3)CC2)cc1F. The van der Waals surface area contributed by atoms with E-state index in [0.717, 1.165) is 5.56 Å². The Kier molecular flexibility index (Phi) is 8.00. The molecule has 3 aliphatic rings. The highest BCUT2D eigenvalue weighted by molar-refractivity contribution is 6.05. The fourth-order valence-corrected chi connectivity index (χ4v) is 5.98. The van der Waals surface area contributed by atoms with E-state index in [0.29, 0.717) is 60.9 Å². The monoisotopic (exact) mass is 603 g/mol. The first-order valence-electron chi connectivity index (χ1n) is 14.4. The van der Waals surface area contributed by atoms with Crippen molar-refractivity contribution in [2.45, 2.75) is 38.6 Å². The molecule has 12 heteroatoms. The second kappa shape index (κ2) is 12.0. The molecule has 0 aromatic heterocycles. The molecule has 3 heterocycles. The third-order valence-corrected chi connectivity index (χ3v) is 8.40. The molecule has 4 amide bonds. The van der Waals surface area contributed by atoms with Crippen LogP contribution in [-0.2, 0) is 29.3 Å². The number of nitrogens with zero attached hydrogens (tertiary/aromatic N) is 3. The molecule has 1 atom stereocenters. The number of hydrogen-bond acceptors (Lipinski definition) is 7. The number of halogens is 2. The summed E-state index contributed by atoms with van der Waals surface area (Å²) in [6.45, 7) is 3.35. The molecule has 0 unspecified atom stereocenters. The van der Waals surface area contributed by atoms with Gasteiger partial charge in [-0.05, 0) is 48.4 Å². The Labute approximate surface area is 252 Å². The van der Waals surface area contributed by atoms with Crippen LogP contribution in [0.3, 0.4) is 0 Å². The van der Waals surface area contributed by atoms with Crippen molar-refractivity contribution in [2.24, 2.45) is 5.73 Å². The van der Waals surface area contributed by atoms with Crippen LogP contribution < -0.4 is 20.7 Å². The Balaban J connectivity index is 1.04. The maximum atomic E-state index is 15.1. The second-order valence-corrected chi connectivity index (χ2v) is 11.2. The van der Waals surface area contributed by atoms with Crippen LogP contribution in [0.15, 0.2) is 54.6 Å². The van der Waals surface area contributed by atoms with Gasteiger partial charge in [0.2, 0.25) is 11.8 Å². The summed E-state index contributed by atoms with van der Waals surface area (Å²) in [5.74, 6) is -2.54. The average Bonchev–Trinajstić information content (AvgIpc) is 3.33. The standard InChI is InChI=1S/C32H31F2N5O5/c33-25-14-19(16-37-10-12-38(13-11-37)21-6-7-23(30(35)41)26(34)15-21)4-5-20(25)18-44-28-3-1-2-22-24(28)17-39(32(22)43)27-8-9-29(40)36-31(27)42/h1-7,14-15,27H,8-13,16-18H2,(H2,35,41)(H,36,40,42)/t27-/m0/s1. The normalized spacial score (nSPS) is 18.8. The van der Waals surface area contributed by atoms with Gasteiger partial charge in [-0.25, -0.2) is 8.78 Å². The number of imide groups is 1. The molecule has 0 spiro atoms. The van der Waals surface area contributed by atoms with E-state index >= 15 is 4.39 Å². The molecule has 2 saturated heterocycles. The molecule has 3 N–H and O–H groups in total. The maximum Gasteiger partial charge on any atom is 0.255 e. The molecule has 0 saturated carbocycles. The third-order valence-electron chi connectivity index (χ3n) is 8.40. The number of carbonyl (C=O) groups excluding carboxylic acids is 4. The van der Waals surface area contributed by atoms with Gasteiger partial charge in [0.05, 0.1) is 12.1 Å². The zero-order valence-corrected chi connectivity index (χ0v) is 23.9. The van der Waals surface area contributed by atoms with E-state index in [2.05, 4.69) is 10.2 Å². The van der Waals surface area contributed by atoms with E-state index in [-0.39, 0.29) is 43.4 Å². The number of rotatable bonds is 8. The number of piperazine rings is 1. The molecular weight excluding hydrogens is 572 g/mol. The Hall–Kier alpha value is -4.84. The van der Waals surface area contributed by atoms with E-state index in [1.54, 1.807) is 30.3 Å². The number of fused-ring (bicyclic) bond motifs is 1. The highest BCUT2D eigenvalue weighted by atomic mass is 19.1. The summed E-state index contributed by atoms with van der Waals surface area (Å²) < 4.78 is 35.3. The molecule has 3 aromatic carbocycles. The Morgan fingerprint density at radius 2 is 1.77 bits per heavy atom. The Bertz CT molecular complexity index is 1660. The summed E-state index contributed by atoms with van der Waals surface area (Å²) in [5, 5.41) is 2.29. The minimum Gasteiger partial charge on any atom is -0.488 e. The van der Waals surface area contributed by atoms with E-state index < -0.39 is 29.5 Å². The number of anilines is 1. The first-order chi connectivity index (χ1) is 21.2. The third kappa shape index (κ3) is 5.85. The number of nitrogens with two attached hydrogens (primary N) is 1. The van der Waals surface area contributed by atoms with Crippen molar-refractivity contribution in [3.63, 3.8) is 0 Å². The zero-order valence-electron chi connectivity index (χ0n) is 23.9. The molecule has 3 aromatic rings. The molecule has 6 rings (SSSR count). The van der Waals surface area contributed by atoms with Crippen molar-refractivity contribution in [1.29, 1.82) is 0 Å². The van der Waals surface area contributed by atoms with Crippen molar-refractivity contribution in [1.82, 2.24) is 15.1 Å². The van der Waals surface area contributed by atoms with Gasteiger partial charge in [-0.15, -0.1) is 0 Å². The zero-order chi connectivity index (χ0) is 31.0. The van der Waals surface area contributed by atoms with E-state index in [1.165, 1.54) is 23.1 Å².